The molecule has 0 atom stereocenters. The van der Waals surface area contributed by atoms with Crippen molar-refractivity contribution in [3.63, 3.8) is 0 Å². The van der Waals surface area contributed by atoms with Crippen molar-refractivity contribution in [2.75, 3.05) is 7.11 Å². The summed E-state index contributed by atoms with van der Waals surface area (Å²) in [6, 6.07) is 10.7. The van der Waals surface area contributed by atoms with Crippen molar-refractivity contribution in [3.05, 3.63) is 59.4 Å². The summed E-state index contributed by atoms with van der Waals surface area (Å²) in [5.41, 5.74) is 2.00. The fraction of sp³-hybridized carbons (Fsp3) is 0.143. The van der Waals surface area contributed by atoms with Crippen LogP contribution in [0.1, 0.15) is 21.6 Å². The molecule has 0 aliphatic rings. The van der Waals surface area contributed by atoms with E-state index >= 15 is 0 Å². The Hall–Kier alpha value is -2.16. The van der Waals surface area contributed by atoms with E-state index < -0.39 is 0 Å². The number of carbonyl (C=O) groups is 1. The van der Waals surface area contributed by atoms with E-state index in [0.29, 0.717) is 11.3 Å². The van der Waals surface area contributed by atoms with Crippen LogP contribution in [0, 0.1) is 6.92 Å². The highest BCUT2D eigenvalue weighted by molar-refractivity contribution is 6.08. The Morgan fingerprint density at radius 2 is 1.88 bits per heavy atom. The Kier molecular flexibility index (Phi) is 3.19. The summed E-state index contributed by atoms with van der Waals surface area (Å²) < 4.78 is 5.05. The van der Waals surface area contributed by atoms with Gasteiger partial charge in [0.05, 0.1) is 7.11 Å². The molecule has 0 N–H and O–H groups in total. The highest BCUT2D eigenvalue weighted by Gasteiger charge is 2.12. The van der Waals surface area contributed by atoms with E-state index in [0.717, 1.165) is 11.3 Å². The number of aryl methyl sites for hydroxylation is 1. The fourth-order valence-corrected chi connectivity index (χ4v) is 1.60. The van der Waals surface area contributed by atoms with Crippen molar-refractivity contribution in [2.24, 2.45) is 0 Å². The van der Waals surface area contributed by atoms with Crippen molar-refractivity contribution >= 4 is 5.78 Å². The van der Waals surface area contributed by atoms with Gasteiger partial charge in [-0.3, -0.25) is 9.78 Å². The molecule has 0 unspecified atom stereocenters. The van der Waals surface area contributed by atoms with Gasteiger partial charge in [-0.2, -0.15) is 0 Å². The second-order valence-electron chi connectivity index (χ2n) is 3.73. The van der Waals surface area contributed by atoms with E-state index in [1.165, 1.54) is 0 Å². The Labute approximate surface area is 100 Å². The van der Waals surface area contributed by atoms with Crippen LogP contribution in [-0.2, 0) is 0 Å². The predicted octanol–water partition coefficient (Wildman–Crippen LogP) is 2.63. The van der Waals surface area contributed by atoms with E-state index in [1.807, 2.05) is 19.1 Å². The Morgan fingerprint density at radius 3 is 2.47 bits per heavy atom. The summed E-state index contributed by atoms with van der Waals surface area (Å²) in [5, 5.41) is 0. The highest BCUT2D eigenvalue weighted by atomic mass is 16.5. The first-order valence-electron chi connectivity index (χ1n) is 5.33. The molecule has 0 bridgehead atoms. The number of nitrogens with zero attached hydrogens (tertiary/aromatic N) is 1. The van der Waals surface area contributed by atoms with Crippen molar-refractivity contribution in [3.8, 4) is 5.75 Å². The Morgan fingerprint density at radius 1 is 1.18 bits per heavy atom. The average Bonchev–Trinajstić information content (AvgIpc) is 2.39. The van der Waals surface area contributed by atoms with E-state index in [-0.39, 0.29) is 5.78 Å². The van der Waals surface area contributed by atoms with Crippen LogP contribution >= 0.6 is 0 Å². The van der Waals surface area contributed by atoms with Crippen molar-refractivity contribution in [1.29, 1.82) is 0 Å². The van der Waals surface area contributed by atoms with Crippen LogP contribution in [0.4, 0.5) is 0 Å². The minimum atomic E-state index is -0.0641. The number of rotatable bonds is 3. The average molecular weight is 227 g/mol. The summed E-state index contributed by atoms with van der Waals surface area (Å²) in [4.78, 5) is 16.3. The van der Waals surface area contributed by atoms with Gasteiger partial charge in [0.15, 0.2) is 0 Å². The summed E-state index contributed by atoms with van der Waals surface area (Å²) in [6.07, 6.45) is 1.63. The normalized spacial score (nSPS) is 10.0. The number of pyridine rings is 1. The molecular formula is C14H13NO2. The molecule has 0 saturated heterocycles. The molecule has 0 aliphatic carbocycles. The van der Waals surface area contributed by atoms with Gasteiger partial charge in [0.2, 0.25) is 5.78 Å². The van der Waals surface area contributed by atoms with Crippen LogP contribution in [0.3, 0.4) is 0 Å². The van der Waals surface area contributed by atoms with Gasteiger partial charge in [-0.05, 0) is 42.8 Å². The minimum absolute atomic E-state index is 0.0641. The van der Waals surface area contributed by atoms with Gasteiger partial charge in [0, 0.05) is 11.8 Å². The van der Waals surface area contributed by atoms with Crippen molar-refractivity contribution in [2.45, 2.75) is 6.92 Å². The summed E-state index contributed by atoms with van der Waals surface area (Å²) in [7, 11) is 1.60. The van der Waals surface area contributed by atoms with Crippen molar-refractivity contribution in [1.82, 2.24) is 4.98 Å². The van der Waals surface area contributed by atoms with E-state index in [9.17, 15) is 4.79 Å². The van der Waals surface area contributed by atoms with Crippen LogP contribution < -0.4 is 4.74 Å². The molecule has 0 radical (unpaired) electrons. The van der Waals surface area contributed by atoms with Crippen LogP contribution in [0.25, 0.3) is 0 Å². The van der Waals surface area contributed by atoms with E-state index in [4.69, 9.17) is 4.74 Å². The van der Waals surface area contributed by atoms with Gasteiger partial charge in [-0.1, -0.05) is 6.07 Å². The van der Waals surface area contributed by atoms with Crippen LogP contribution in [-0.4, -0.2) is 17.9 Å². The van der Waals surface area contributed by atoms with Crippen LogP contribution in [0.15, 0.2) is 42.6 Å². The molecule has 2 aromatic rings. The highest BCUT2D eigenvalue weighted by Crippen LogP contribution is 2.15. The number of ketones is 1. The fourth-order valence-electron chi connectivity index (χ4n) is 1.60. The minimum Gasteiger partial charge on any atom is -0.497 e. The van der Waals surface area contributed by atoms with Gasteiger partial charge in [-0.25, -0.2) is 0 Å². The standard InChI is InChI=1S/C14H13NO2/c1-10-4-3-9-15-13(10)14(16)11-5-7-12(17-2)8-6-11/h3-9H,1-2H3. The largest absolute Gasteiger partial charge is 0.497 e. The van der Waals surface area contributed by atoms with Gasteiger partial charge >= 0.3 is 0 Å². The van der Waals surface area contributed by atoms with Crippen LogP contribution in [0.5, 0.6) is 5.75 Å². The first-order valence-corrected chi connectivity index (χ1v) is 5.33. The molecule has 17 heavy (non-hydrogen) atoms. The molecular weight excluding hydrogens is 214 g/mol. The molecule has 86 valence electrons. The summed E-state index contributed by atoms with van der Waals surface area (Å²) >= 11 is 0. The smallest absolute Gasteiger partial charge is 0.211 e. The molecule has 0 aliphatic heterocycles. The molecule has 1 aromatic heterocycles. The topological polar surface area (TPSA) is 39.2 Å². The molecule has 3 heteroatoms. The number of aromatic nitrogens is 1. The maximum absolute atomic E-state index is 12.2. The van der Waals surface area contributed by atoms with Gasteiger partial charge in [0.1, 0.15) is 11.4 Å². The molecule has 1 aromatic carbocycles. The van der Waals surface area contributed by atoms with Crippen LogP contribution in [0.2, 0.25) is 0 Å². The number of methoxy groups -OCH3 is 1. The molecule has 3 nitrogen and oxygen atoms in total. The summed E-state index contributed by atoms with van der Waals surface area (Å²) in [6.45, 7) is 1.88. The zero-order chi connectivity index (χ0) is 12.3. The molecule has 2 rings (SSSR count). The molecule has 0 spiro atoms. The lowest BCUT2D eigenvalue weighted by Crippen LogP contribution is -2.06. The quantitative estimate of drug-likeness (QED) is 0.757. The number of hydrogen-bond donors (Lipinski definition) is 0. The predicted molar refractivity (Wildman–Crippen MR) is 65.4 cm³/mol. The van der Waals surface area contributed by atoms with E-state index in [1.54, 1.807) is 37.6 Å². The first-order chi connectivity index (χ1) is 8.22. The third kappa shape index (κ3) is 2.33. The lowest BCUT2D eigenvalue weighted by Gasteiger charge is -2.04. The number of carbonyl (C=O) groups excluding carboxylic acids is 1. The van der Waals surface area contributed by atoms with E-state index in [2.05, 4.69) is 4.98 Å². The zero-order valence-electron chi connectivity index (χ0n) is 9.81. The Balaban J connectivity index is 2.34. The molecule has 0 amide bonds. The Bertz CT molecular complexity index is 532. The first kappa shape index (κ1) is 11.3. The lowest BCUT2D eigenvalue weighted by atomic mass is 10.0. The van der Waals surface area contributed by atoms with Gasteiger partial charge < -0.3 is 4.74 Å². The third-order valence-corrected chi connectivity index (χ3v) is 2.58. The summed E-state index contributed by atoms with van der Waals surface area (Å²) in [5.74, 6) is 0.671. The maximum Gasteiger partial charge on any atom is 0.211 e. The second kappa shape index (κ2) is 4.78. The van der Waals surface area contributed by atoms with Gasteiger partial charge in [-0.15, -0.1) is 0 Å². The SMILES string of the molecule is COc1ccc(C(=O)c2ncccc2C)cc1. The molecule has 1 heterocycles. The number of benzene rings is 1. The van der Waals surface area contributed by atoms with Crippen molar-refractivity contribution < 1.29 is 9.53 Å². The molecule has 0 saturated carbocycles. The van der Waals surface area contributed by atoms with Gasteiger partial charge in [0.25, 0.3) is 0 Å². The molecule has 0 fully saturated rings. The monoisotopic (exact) mass is 227 g/mol. The lowest BCUT2D eigenvalue weighted by molar-refractivity contribution is 0.103. The zero-order valence-corrected chi connectivity index (χ0v) is 9.81. The number of hydrogen-bond acceptors (Lipinski definition) is 3. The second-order valence-corrected chi connectivity index (χ2v) is 3.73. The number of ether oxygens (including phenoxy) is 1. The maximum atomic E-state index is 12.2. The third-order valence-electron chi connectivity index (χ3n) is 2.58.